The van der Waals surface area contributed by atoms with Gasteiger partial charge >= 0.3 is 0 Å². The zero-order valence-corrected chi connectivity index (χ0v) is 10.9. The minimum Gasteiger partial charge on any atom is -0.314 e. The molecule has 0 atom stereocenters. The molecule has 1 N–H and O–H groups in total. The van der Waals surface area contributed by atoms with Crippen molar-refractivity contribution in [3.05, 3.63) is 0 Å². The van der Waals surface area contributed by atoms with Crippen LogP contribution >= 0.6 is 0 Å². The van der Waals surface area contributed by atoms with Gasteiger partial charge in [0.1, 0.15) is 0 Å². The quantitative estimate of drug-likeness (QED) is 0.732. The molecule has 0 aromatic heterocycles. The average Bonchev–Trinajstić information content (AvgIpc) is 2.80. The van der Waals surface area contributed by atoms with Crippen LogP contribution in [0.2, 0.25) is 0 Å². The molecule has 16 heavy (non-hydrogen) atoms. The monoisotopic (exact) mass is 244 g/mol. The summed E-state index contributed by atoms with van der Waals surface area (Å²) in [5, 5.41) is 3.64. The molecule has 0 aromatic rings. The third-order valence-corrected chi connectivity index (χ3v) is 4.99. The molecule has 0 amide bonds. The lowest BCUT2D eigenvalue weighted by molar-refractivity contribution is 0.291. The van der Waals surface area contributed by atoms with Crippen LogP contribution in [0.5, 0.6) is 0 Å². The van der Waals surface area contributed by atoms with Gasteiger partial charge in [-0.3, -0.25) is 4.21 Å². The molecule has 0 aromatic carbocycles. The molecule has 1 aliphatic carbocycles. The minimum atomic E-state index is -0.527. The smallest absolute Gasteiger partial charge is 0.0363 e. The van der Waals surface area contributed by atoms with E-state index in [-0.39, 0.29) is 0 Å². The van der Waals surface area contributed by atoms with E-state index in [0.29, 0.717) is 0 Å². The highest BCUT2D eigenvalue weighted by Gasteiger charge is 2.15. The first kappa shape index (κ1) is 12.5. The molecular formula is C12H24N2OS. The Morgan fingerprint density at radius 3 is 2.56 bits per heavy atom. The van der Waals surface area contributed by atoms with Gasteiger partial charge in [0, 0.05) is 41.4 Å². The van der Waals surface area contributed by atoms with Crippen molar-refractivity contribution >= 4 is 10.8 Å². The molecule has 2 rings (SSSR count). The summed E-state index contributed by atoms with van der Waals surface area (Å²) >= 11 is 0. The van der Waals surface area contributed by atoms with Gasteiger partial charge in [-0.2, -0.15) is 0 Å². The fourth-order valence-corrected chi connectivity index (χ4v) is 3.77. The van der Waals surface area contributed by atoms with Crippen molar-refractivity contribution in [1.29, 1.82) is 0 Å². The highest BCUT2D eigenvalue weighted by molar-refractivity contribution is 7.85. The maximum Gasteiger partial charge on any atom is 0.0363 e. The topological polar surface area (TPSA) is 32.3 Å². The SMILES string of the molecule is O=S1CCN(CCCNC2CCCC2)CC1. The number of hydrogen-bond donors (Lipinski definition) is 1. The third-order valence-electron chi connectivity index (χ3n) is 3.71. The molecular weight excluding hydrogens is 220 g/mol. The lowest BCUT2D eigenvalue weighted by Gasteiger charge is -2.26. The van der Waals surface area contributed by atoms with E-state index in [0.717, 1.165) is 37.2 Å². The number of nitrogens with one attached hydrogen (secondary N) is 1. The maximum absolute atomic E-state index is 11.2. The Kier molecular flexibility index (Phi) is 5.26. The van der Waals surface area contributed by atoms with Crippen molar-refractivity contribution in [2.75, 3.05) is 37.7 Å². The van der Waals surface area contributed by atoms with Gasteiger partial charge in [-0.1, -0.05) is 12.8 Å². The van der Waals surface area contributed by atoms with E-state index in [2.05, 4.69) is 10.2 Å². The molecule has 0 bridgehead atoms. The van der Waals surface area contributed by atoms with Crippen LogP contribution in [0.25, 0.3) is 0 Å². The van der Waals surface area contributed by atoms with Crippen molar-refractivity contribution in [2.24, 2.45) is 0 Å². The molecule has 1 heterocycles. The van der Waals surface area contributed by atoms with Gasteiger partial charge < -0.3 is 10.2 Å². The minimum absolute atomic E-state index is 0.527. The van der Waals surface area contributed by atoms with Gasteiger partial charge in [-0.05, 0) is 32.4 Å². The van der Waals surface area contributed by atoms with E-state index in [4.69, 9.17) is 0 Å². The first-order valence-corrected chi connectivity index (χ1v) is 8.14. The average molecular weight is 244 g/mol. The fraction of sp³-hybridized carbons (Fsp3) is 1.00. The van der Waals surface area contributed by atoms with E-state index in [9.17, 15) is 4.21 Å². The Bertz CT molecular complexity index is 219. The van der Waals surface area contributed by atoms with Crippen LogP contribution in [-0.4, -0.2) is 52.8 Å². The van der Waals surface area contributed by atoms with Gasteiger partial charge in [0.2, 0.25) is 0 Å². The van der Waals surface area contributed by atoms with Crippen molar-refractivity contribution in [2.45, 2.75) is 38.1 Å². The van der Waals surface area contributed by atoms with Crippen LogP contribution in [0, 0.1) is 0 Å². The Hall–Kier alpha value is 0.0700. The molecule has 4 heteroatoms. The summed E-state index contributed by atoms with van der Waals surface area (Å²) in [5.41, 5.74) is 0. The van der Waals surface area contributed by atoms with Gasteiger partial charge in [0.15, 0.2) is 0 Å². The Morgan fingerprint density at radius 1 is 1.19 bits per heavy atom. The molecule has 2 fully saturated rings. The van der Waals surface area contributed by atoms with E-state index < -0.39 is 10.8 Å². The molecule has 1 saturated carbocycles. The highest BCUT2D eigenvalue weighted by atomic mass is 32.2. The zero-order chi connectivity index (χ0) is 11.2. The summed E-state index contributed by atoms with van der Waals surface area (Å²) in [6, 6.07) is 0.800. The van der Waals surface area contributed by atoms with Gasteiger partial charge in [0.05, 0.1) is 0 Å². The summed E-state index contributed by atoms with van der Waals surface area (Å²) in [6.07, 6.45) is 6.82. The zero-order valence-electron chi connectivity index (χ0n) is 10.1. The van der Waals surface area contributed by atoms with Crippen LogP contribution in [-0.2, 0) is 10.8 Å². The second kappa shape index (κ2) is 6.72. The van der Waals surface area contributed by atoms with Crippen LogP contribution in [0.4, 0.5) is 0 Å². The largest absolute Gasteiger partial charge is 0.314 e. The molecule has 0 spiro atoms. The lowest BCUT2D eigenvalue weighted by atomic mass is 10.2. The Balaban J connectivity index is 1.49. The summed E-state index contributed by atoms with van der Waals surface area (Å²) in [6.45, 7) is 4.41. The second-order valence-corrected chi connectivity index (χ2v) is 6.67. The summed E-state index contributed by atoms with van der Waals surface area (Å²) in [7, 11) is -0.527. The van der Waals surface area contributed by atoms with Crippen LogP contribution in [0.15, 0.2) is 0 Å². The fourth-order valence-electron chi connectivity index (χ4n) is 2.64. The van der Waals surface area contributed by atoms with Gasteiger partial charge in [0.25, 0.3) is 0 Å². The first-order chi connectivity index (χ1) is 7.84. The molecule has 0 radical (unpaired) electrons. The molecule has 3 nitrogen and oxygen atoms in total. The number of rotatable bonds is 5. The van der Waals surface area contributed by atoms with Crippen molar-refractivity contribution in [3.63, 3.8) is 0 Å². The van der Waals surface area contributed by atoms with Crippen LogP contribution < -0.4 is 5.32 Å². The molecule has 2 aliphatic rings. The van der Waals surface area contributed by atoms with Gasteiger partial charge in [-0.25, -0.2) is 0 Å². The lowest BCUT2D eigenvalue weighted by Crippen LogP contribution is -2.39. The first-order valence-electron chi connectivity index (χ1n) is 6.65. The highest BCUT2D eigenvalue weighted by Crippen LogP contribution is 2.17. The molecule has 1 saturated heterocycles. The normalized spacial score (nSPS) is 25.2. The van der Waals surface area contributed by atoms with Crippen LogP contribution in [0.3, 0.4) is 0 Å². The number of hydrogen-bond acceptors (Lipinski definition) is 3. The van der Waals surface area contributed by atoms with E-state index >= 15 is 0 Å². The van der Waals surface area contributed by atoms with Crippen LogP contribution in [0.1, 0.15) is 32.1 Å². The predicted octanol–water partition coefficient (Wildman–Crippen LogP) is 0.973. The van der Waals surface area contributed by atoms with E-state index in [1.807, 2.05) is 0 Å². The predicted molar refractivity (Wildman–Crippen MR) is 69.2 cm³/mol. The second-order valence-electron chi connectivity index (χ2n) is 4.98. The van der Waals surface area contributed by atoms with Crippen molar-refractivity contribution in [3.8, 4) is 0 Å². The Labute approximate surface area is 101 Å². The Morgan fingerprint density at radius 2 is 1.88 bits per heavy atom. The third kappa shape index (κ3) is 4.15. The summed E-state index contributed by atoms with van der Waals surface area (Å²) in [5.74, 6) is 1.77. The van der Waals surface area contributed by atoms with Crippen molar-refractivity contribution in [1.82, 2.24) is 10.2 Å². The molecule has 1 aliphatic heterocycles. The van der Waals surface area contributed by atoms with E-state index in [1.165, 1.54) is 38.6 Å². The summed E-state index contributed by atoms with van der Waals surface area (Å²) in [4.78, 5) is 2.46. The molecule has 94 valence electrons. The molecule has 0 unspecified atom stereocenters. The summed E-state index contributed by atoms with van der Waals surface area (Å²) < 4.78 is 11.2. The standard InChI is InChI=1S/C12H24N2OS/c15-16-10-8-14(9-11-16)7-3-6-13-12-4-1-2-5-12/h12-13H,1-11H2. The van der Waals surface area contributed by atoms with E-state index in [1.54, 1.807) is 0 Å². The van der Waals surface area contributed by atoms with Gasteiger partial charge in [-0.15, -0.1) is 0 Å². The maximum atomic E-state index is 11.2. The van der Waals surface area contributed by atoms with Crippen molar-refractivity contribution < 1.29 is 4.21 Å². The number of nitrogens with zero attached hydrogens (tertiary/aromatic N) is 1.